The molecule has 2 rings (SSSR count). The highest BCUT2D eigenvalue weighted by Crippen LogP contribution is 2.23. The molecule has 8 nitrogen and oxygen atoms in total. The van der Waals surface area contributed by atoms with Crippen molar-refractivity contribution in [2.24, 2.45) is 0 Å². The predicted molar refractivity (Wildman–Crippen MR) is 118 cm³/mol. The largest absolute Gasteiger partial charge is 0.476 e. The van der Waals surface area contributed by atoms with Gasteiger partial charge in [-0.25, -0.2) is 17.5 Å². The van der Waals surface area contributed by atoms with E-state index >= 15 is 0 Å². The van der Waals surface area contributed by atoms with Crippen molar-refractivity contribution in [3.05, 3.63) is 53.1 Å². The summed E-state index contributed by atoms with van der Waals surface area (Å²) >= 11 is 5.83. The van der Waals surface area contributed by atoms with E-state index in [1.54, 1.807) is 37.3 Å². The van der Waals surface area contributed by atoms with Crippen molar-refractivity contribution >= 4 is 39.2 Å². The third kappa shape index (κ3) is 6.43. The Hall–Kier alpha value is -2.62. The lowest BCUT2D eigenvalue weighted by Gasteiger charge is -2.24. The van der Waals surface area contributed by atoms with Gasteiger partial charge in [-0.2, -0.15) is 0 Å². The van der Waals surface area contributed by atoms with Crippen LogP contribution in [-0.2, 0) is 24.3 Å². The molecular formula is C21H25ClN2O6S. The molecular weight excluding hydrogens is 444 g/mol. The number of hydrogen-bond acceptors (Lipinski definition) is 6. The van der Waals surface area contributed by atoms with E-state index in [0.29, 0.717) is 22.0 Å². The maximum Gasteiger partial charge on any atom is 0.350 e. The second-order valence-corrected chi connectivity index (χ2v) is 10.0. The summed E-state index contributed by atoms with van der Waals surface area (Å²) in [5.74, 6) is -0.929. The van der Waals surface area contributed by atoms with Crippen LogP contribution < -0.4 is 10.1 Å². The van der Waals surface area contributed by atoms with E-state index < -0.39 is 34.1 Å². The normalized spacial score (nSPS) is 11.8. The zero-order valence-electron chi connectivity index (χ0n) is 17.9. The Morgan fingerprint density at radius 1 is 1.10 bits per heavy atom. The molecule has 1 amide bonds. The van der Waals surface area contributed by atoms with E-state index in [2.05, 4.69) is 5.32 Å². The molecule has 0 bridgehead atoms. The molecule has 0 aliphatic heterocycles. The van der Waals surface area contributed by atoms with Crippen LogP contribution in [0.25, 0.3) is 0 Å². The molecule has 0 aliphatic carbocycles. The van der Waals surface area contributed by atoms with Gasteiger partial charge in [0.05, 0.1) is 4.90 Å². The summed E-state index contributed by atoms with van der Waals surface area (Å²) < 4.78 is 36.4. The molecule has 168 valence electrons. The Kier molecular flexibility index (Phi) is 7.69. The number of halogens is 1. The number of esters is 1. The van der Waals surface area contributed by atoms with Gasteiger partial charge in [-0.1, -0.05) is 17.7 Å². The van der Waals surface area contributed by atoms with E-state index in [9.17, 15) is 18.0 Å². The van der Waals surface area contributed by atoms with E-state index in [4.69, 9.17) is 21.1 Å². The third-order valence-corrected chi connectivity index (χ3v) is 6.34. The maximum absolute atomic E-state index is 12.4. The predicted octanol–water partition coefficient (Wildman–Crippen LogP) is 3.24. The number of amides is 1. The van der Waals surface area contributed by atoms with Crippen LogP contribution >= 0.6 is 11.6 Å². The van der Waals surface area contributed by atoms with Gasteiger partial charge in [-0.15, -0.1) is 0 Å². The van der Waals surface area contributed by atoms with Gasteiger partial charge in [-0.05, 0) is 62.7 Å². The van der Waals surface area contributed by atoms with Gasteiger partial charge < -0.3 is 14.8 Å². The quantitative estimate of drug-likeness (QED) is 0.597. The summed E-state index contributed by atoms with van der Waals surface area (Å²) in [5.41, 5.74) is -0.381. The van der Waals surface area contributed by atoms with Crippen molar-refractivity contribution in [3.8, 4) is 5.75 Å². The van der Waals surface area contributed by atoms with Crippen LogP contribution in [0, 0.1) is 6.92 Å². The first kappa shape index (κ1) is 24.6. The minimum Gasteiger partial charge on any atom is -0.476 e. The first-order valence-electron chi connectivity index (χ1n) is 9.28. The first-order valence-corrected chi connectivity index (χ1v) is 11.1. The van der Waals surface area contributed by atoms with Crippen LogP contribution in [0.15, 0.2) is 47.4 Å². The first-order chi connectivity index (χ1) is 14.3. The molecule has 0 atom stereocenters. The molecule has 1 N–H and O–H groups in total. The molecule has 0 saturated heterocycles. The van der Waals surface area contributed by atoms with Gasteiger partial charge in [0.25, 0.3) is 5.91 Å². The van der Waals surface area contributed by atoms with Crippen LogP contribution in [0.3, 0.4) is 0 Å². The van der Waals surface area contributed by atoms with Gasteiger partial charge in [0, 0.05) is 24.8 Å². The minimum absolute atomic E-state index is 0.0351. The summed E-state index contributed by atoms with van der Waals surface area (Å²) in [6.07, 6.45) is 0. The molecule has 0 fully saturated rings. The Bertz CT molecular complexity index is 1070. The lowest BCUT2D eigenvalue weighted by Crippen LogP contribution is -2.41. The SMILES string of the molecule is Cc1ccc(S(=O)(=O)N(C)C)cc1NC(=O)COC(=O)C(C)(C)Oc1ccc(Cl)cc1. The monoisotopic (exact) mass is 468 g/mol. The van der Waals surface area contributed by atoms with Crippen LogP contribution in [0.5, 0.6) is 5.75 Å². The van der Waals surface area contributed by atoms with Gasteiger partial charge in [-0.3, -0.25) is 4.79 Å². The summed E-state index contributed by atoms with van der Waals surface area (Å²) in [5, 5.41) is 3.10. The Labute approximate surface area is 187 Å². The second-order valence-electron chi connectivity index (χ2n) is 7.45. The second kappa shape index (κ2) is 9.67. The molecule has 31 heavy (non-hydrogen) atoms. The lowest BCUT2D eigenvalue weighted by molar-refractivity contribution is -0.161. The van der Waals surface area contributed by atoms with E-state index in [1.165, 1.54) is 40.1 Å². The summed E-state index contributed by atoms with van der Waals surface area (Å²) in [6, 6.07) is 10.9. The van der Waals surface area contributed by atoms with E-state index in [0.717, 1.165) is 4.31 Å². The number of benzene rings is 2. The summed E-state index contributed by atoms with van der Waals surface area (Å²) in [6.45, 7) is 4.19. The van der Waals surface area contributed by atoms with Gasteiger partial charge in [0.2, 0.25) is 10.0 Å². The molecule has 0 aliphatic rings. The van der Waals surface area contributed by atoms with Crippen LogP contribution in [0.4, 0.5) is 5.69 Å². The van der Waals surface area contributed by atoms with Crippen LogP contribution in [-0.4, -0.2) is 50.9 Å². The number of sulfonamides is 1. The van der Waals surface area contributed by atoms with Crippen LogP contribution in [0.2, 0.25) is 5.02 Å². The molecule has 0 radical (unpaired) electrons. The lowest BCUT2D eigenvalue weighted by atomic mass is 10.1. The molecule has 0 spiro atoms. The smallest absolute Gasteiger partial charge is 0.350 e. The van der Waals surface area contributed by atoms with E-state index in [1.807, 2.05) is 0 Å². The highest BCUT2D eigenvalue weighted by Gasteiger charge is 2.32. The van der Waals surface area contributed by atoms with Gasteiger partial charge >= 0.3 is 5.97 Å². The summed E-state index contributed by atoms with van der Waals surface area (Å²) in [7, 11) is -0.823. The number of nitrogens with one attached hydrogen (secondary N) is 1. The fourth-order valence-electron chi connectivity index (χ4n) is 2.44. The molecule has 10 heteroatoms. The van der Waals surface area contributed by atoms with Crippen molar-refractivity contribution in [1.82, 2.24) is 4.31 Å². The highest BCUT2D eigenvalue weighted by atomic mass is 35.5. The number of hydrogen-bond donors (Lipinski definition) is 1. The average molecular weight is 469 g/mol. The fraction of sp³-hybridized carbons (Fsp3) is 0.333. The molecule has 0 heterocycles. The van der Waals surface area contributed by atoms with Crippen molar-refractivity contribution in [2.75, 3.05) is 26.0 Å². The minimum atomic E-state index is -3.66. The van der Waals surface area contributed by atoms with Crippen LogP contribution in [0.1, 0.15) is 19.4 Å². The number of nitrogens with zero attached hydrogens (tertiary/aromatic N) is 1. The number of aryl methyl sites for hydroxylation is 1. The average Bonchev–Trinajstić information content (AvgIpc) is 2.69. The molecule has 0 aromatic heterocycles. The van der Waals surface area contributed by atoms with Crippen molar-refractivity contribution < 1.29 is 27.5 Å². The molecule has 0 unspecified atom stereocenters. The van der Waals surface area contributed by atoms with Gasteiger partial charge in [0.15, 0.2) is 12.2 Å². The Morgan fingerprint density at radius 2 is 1.71 bits per heavy atom. The zero-order chi connectivity index (χ0) is 23.4. The number of anilines is 1. The fourth-order valence-corrected chi connectivity index (χ4v) is 3.49. The topological polar surface area (TPSA) is 102 Å². The standard InChI is InChI=1S/C21H25ClN2O6S/c1-14-6-11-17(31(27,28)24(4)5)12-18(14)23-19(25)13-29-20(26)21(2,3)30-16-9-7-15(22)8-10-16/h6-12H,13H2,1-5H3,(H,23,25). The number of ether oxygens (including phenoxy) is 2. The highest BCUT2D eigenvalue weighted by molar-refractivity contribution is 7.89. The van der Waals surface area contributed by atoms with Crippen molar-refractivity contribution in [1.29, 1.82) is 0 Å². The van der Waals surface area contributed by atoms with Crippen molar-refractivity contribution in [2.45, 2.75) is 31.3 Å². The van der Waals surface area contributed by atoms with Crippen molar-refractivity contribution in [3.63, 3.8) is 0 Å². The maximum atomic E-state index is 12.4. The Morgan fingerprint density at radius 3 is 2.29 bits per heavy atom. The number of carbonyl (C=O) groups is 2. The van der Waals surface area contributed by atoms with Gasteiger partial charge in [0.1, 0.15) is 5.75 Å². The Balaban J connectivity index is 2.01. The number of carbonyl (C=O) groups excluding carboxylic acids is 2. The molecule has 2 aromatic carbocycles. The zero-order valence-corrected chi connectivity index (χ0v) is 19.5. The van der Waals surface area contributed by atoms with E-state index in [-0.39, 0.29) is 4.90 Å². The molecule has 2 aromatic rings. The molecule has 0 saturated carbocycles. The summed E-state index contributed by atoms with van der Waals surface area (Å²) in [4.78, 5) is 24.7. The number of rotatable bonds is 8. The third-order valence-electron chi connectivity index (χ3n) is 4.27.